The Bertz CT molecular complexity index is 1420. The molecule has 1 amide bonds. The number of aromatic nitrogens is 7. The summed E-state index contributed by atoms with van der Waals surface area (Å²) in [6, 6.07) is 10.5. The molecule has 4 rings (SSSR count). The quantitative estimate of drug-likeness (QED) is 0.247. The zero-order valence-corrected chi connectivity index (χ0v) is 21.0. The fraction of sp³-hybridized carbons (Fsp3) is 0.320. The molecule has 1 N–H and O–H groups in total. The molecule has 40 heavy (non-hydrogen) atoms. The summed E-state index contributed by atoms with van der Waals surface area (Å²) in [6.07, 6.45) is -1.39. The van der Waals surface area contributed by atoms with Crippen molar-refractivity contribution in [2.45, 2.75) is 51.4 Å². The molecule has 15 heteroatoms. The van der Waals surface area contributed by atoms with Crippen LogP contribution in [-0.2, 0) is 37.3 Å². The van der Waals surface area contributed by atoms with Gasteiger partial charge in [0.15, 0.2) is 5.69 Å². The summed E-state index contributed by atoms with van der Waals surface area (Å²) in [4.78, 5) is 28.7. The van der Waals surface area contributed by atoms with Crippen molar-refractivity contribution < 1.29 is 31.9 Å². The van der Waals surface area contributed by atoms with Crippen molar-refractivity contribution in [2.24, 2.45) is 0 Å². The standard InChI is InChI=1S/C25H24F4N8O3/c26-18(14-37-15-20(32-34-37)12-21(38)11-19-5-1-2-8-30-19)7-9-36-16-23(33-35-36)24(39)31-13-17-4-3-6-22(10-17)40-25(27,28)29/h1-6,8,10,15-16,18H,7,9,11-14H2,(H,31,39). The maximum Gasteiger partial charge on any atom is 0.573 e. The van der Waals surface area contributed by atoms with E-state index in [4.69, 9.17) is 0 Å². The van der Waals surface area contributed by atoms with Gasteiger partial charge < -0.3 is 10.1 Å². The number of pyridine rings is 1. The summed E-state index contributed by atoms with van der Waals surface area (Å²) in [7, 11) is 0. The Kier molecular flexibility index (Phi) is 9.14. The zero-order valence-electron chi connectivity index (χ0n) is 21.0. The molecule has 0 aliphatic carbocycles. The van der Waals surface area contributed by atoms with Crippen LogP contribution in [0.4, 0.5) is 17.6 Å². The summed E-state index contributed by atoms with van der Waals surface area (Å²) in [5.74, 6) is -1.09. The monoisotopic (exact) mass is 560 g/mol. The first-order chi connectivity index (χ1) is 19.1. The van der Waals surface area contributed by atoms with E-state index in [2.05, 4.69) is 35.7 Å². The highest BCUT2D eigenvalue weighted by atomic mass is 19.4. The lowest BCUT2D eigenvalue weighted by Gasteiger charge is -2.10. The van der Waals surface area contributed by atoms with Crippen molar-refractivity contribution in [2.75, 3.05) is 0 Å². The molecule has 3 heterocycles. The van der Waals surface area contributed by atoms with Crippen molar-refractivity contribution in [1.29, 1.82) is 0 Å². The van der Waals surface area contributed by atoms with Gasteiger partial charge in [0, 0.05) is 44.0 Å². The van der Waals surface area contributed by atoms with Crippen LogP contribution in [0.2, 0.25) is 0 Å². The number of nitrogens with one attached hydrogen (secondary N) is 1. The van der Waals surface area contributed by atoms with Gasteiger partial charge >= 0.3 is 6.36 Å². The topological polar surface area (TPSA) is 130 Å². The fourth-order valence-electron chi connectivity index (χ4n) is 3.68. The van der Waals surface area contributed by atoms with Gasteiger partial charge in [-0.05, 0) is 29.8 Å². The minimum absolute atomic E-state index is 0.0330. The van der Waals surface area contributed by atoms with E-state index in [1.807, 2.05) is 0 Å². The predicted octanol–water partition coefficient (Wildman–Crippen LogP) is 2.88. The molecule has 210 valence electrons. The van der Waals surface area contributed by atoms with Gasteiger partial charge in [-0.25, -0.2) is 9.07 Å². The van der Waals surface area contributed by atoms with E-state index in [9.17, 15) is 27.2 Å². The van der Waals surface area contributed by atoms with Gasteiger partial charge in [0.2, 0.25) is 0 Å². The van der Waals surface area contributed by atoms with Gasteiger partial charge in [0.25, 0.3) is 5.91 Å². The van der Waals surface area contributed by atoms with Crippen molar-refractivity contribution in [1.82, 2.24) is 40.3 Å². The van der Waals surface area contributed by atoms with Crippen LogP contribution in [0.5, 0.6) is 5.75 Å². The first kappa shape index (κ1) is 28.3. The molecule has 0 saturated carbocycles. The van der Waals surface area contributed by atoms with Gasteiger partial charge in [-0.1, -0.05) is 28.6 Å². The Morgan fingerprint density at radius 3 is 2.55 bits per heavy atom. The molecule has 0 fully saturated rings. The molecule has 0 radical (unpaired) electrons. The van der Waals surface area contributed by atoms with Crippen molar-refractivity contribution >= 4 is 11.7 Å². The van der Waals surface area contributed by atoms with E-state index in [0.717, 1.165) is 12.1 Å². The fourth-order valence-corrected chi connectivity index (χ4v) is 3.68. The van der Waals surface area contributed by atoms with Gasteiger partial charge in [0.05, 0.1) is 24.9 Å². The summed E-state index contributed by atoms with van der Waals surface area (Å²) in [5, 5.41) is 17.9. The molecule has 0 aliphatic heterocycles. The lowest BCUT2D eigenvalue weighted by Crippen LogP contribution is -2.23. The van der Waals surface area contributed by atoms with Crippen LogP contribution in [0.15, 0.2) is 61.1 Å². The number of hydrogen-bond acceptors (Lipinski definition) is 8. The number of ether oxygens (including phenoxy) is 1. The number of carbonyl (C=O) groups is 2. The Labute approximate surface area is 225 Å². The summed E-state index contributed by atoms with van der Waals surface area (Å²) >= 11 is 0. The second kappa shape index (κ2) is 12.9. The molecule has 0 bridgehead atoms. The number of amides is 1. The highest BCUT2D eigenvalue weighted by Gasteiger charge is 2.31. The van der Waals surface area contributed by atoms with Gasteiger partial charge in [-0.3, -0.25) is 19.3 Å². The average molecular weight is 561 g/mol. The molecule has 3 aromatic heterocycles. The van der Waals surface area contributed by atoms with E-state index in [1.54, 1.807) is 24.4 Å². The maximum absolute atomic E-state index is 14.6. The normalized spacial score (nSPS) is 12.2. The number of rotatable bonds is 13. The molecule has 1 atom stereocenters. The van der Waals surface area contributed by atoms with Crippen molar-refractivity contribution in [3.63, 3.8) is 0 Å². The average Bonchev–Trinajstić information content (AvgIpc) is 3.55. The second-order valence-electron chi connectivity index (χ2n) is 8.78. The second-order valence-corrected chi connectivity index (χ2v) is 8.78. The number of ketones is 1. The number of alkyl halides is 4. The molecule has 1 aromatic carbocycles. The van der Waals surface area contributed by atoms with Crippen LogP contribution >= 0.6 is 0 Å². The summed E-state index contributed by atoms with van der Waals surface area (Å²) in [5.41, 5.74) is 1.44. The number of hydrogen-bond donors (Lipinski definition) is 1. The molecule has 1 unspecified atom stereocenters. The van der Waals surface area contributed by atoms with Crippen LogP contribution < -0.4 is 10.1 Å². The maximum atomic E-state index is 14.6. The first-order valence-electron chi connectivity index (χ1n) is 12.1. The third-order valence-electron chi connectivity index (χ3n) is 5.48. The van der Waals surface area contributed by atoms with Crippen LogP contribution in [0.25, 0.3) is 0 Å². The van der Waals surface area contributed by atoms with E-state index in [0.29, 0.717) is 17.0 Å². The minimum atomic E-state index is -4.82. The number of nitrogens with zero attached hydrogens (tertiary/aromatic N) is 7. The molecular formula is C25H24F4N8O3. The van der Waals surface area contributed by atoms with E-state index in [1.165, 1.54) is 33.9 Å². The van der Waals surface area contributed by atoms with E-state index >= 15 is 0 Å². The molecule has 0 spiro atoms. The highest BCUT2D eigenvalue weighted by molar-refractivity contribution is 5.91. The summed E-state index contributed by atoms with van der Waals surface area (Å²) in [6.45, 7) is -0.0229. The smallest absolute Gasteiger partial charge is 0.406 e. The van der Waals surface area contributed by atoms with Gasteiger partial charge in [-0.15, -0.1) is 23.4 Å². The van der Waals surface area contributed by atoms with Crippen LogP contribution in [0.3, 0.4) is 0 Å². The Hall–Kier alpha value is -4.69. The SMILES string of the molecule is O=C(Cc1ccccn1)Cc1cn(CC(F)CCn2cc(C(=O)NCc3cccc(OC(F)(F)F)c3)nn2)nn1. The number of benzene rings is 1. The Morgan fingerprint density at radius 2 is 1.77 bits per heavy atom. The molecule has 4 aromatic rings. The number of aryl methyl sites for hydroxylation is 1. The third kappa shape index (κ3) is 8.96. The lowest BCUT2D eigenvalue weighted by atomic mass is 10.1. The van der Waals surface area contributed by atoms with Crippen LogP contribution in [0, 0.1) is 0 Å². The zero-order chi connectivity index (χ0) is 28.5. The molecular weight excluding hydrogens is 536 g/mol. The summed E-state index contributed by atoms with van der Waals surface area (Å²) < 4.78 is 58.2. The highest BCUT2D eigenvalue weighted by Crippen LogP contribution is 2.23. The molecule has 0 aliphatic rings. The third-order valence-corrected chi connectivity index (χ3v) is 5.48. The number of Topliss-reactive ketones (excluding diaryl/α,β-unsaturated/α-hetero) is 1. The minimum Gasteiger partial charge on any atom is -0.406 e. The number of carbonyl (C=O) groups excluding carboxylic acids is 2. The Balaban J connectivity index is 1.19. The first-order valence-corrected chi connectivity index (χ1v) is 12.1. The van der Waals surface area contributed by atoms with Crippen molar-refractivity contribution in [3.8, 4) is 5.75 Å². The lowest BCUT2D eigenvalue weighted by molar-refractivity contribution is -0.274. The van der Waals surface area contributed by atoms with Gasteiger partial charge in [0.1, 0.15) is 17.7 Å². The molecule has 11 nitrogen and oxygen atoms in total. The Morgan fingerprint density at radius 1 is 0.975 bits per heavy atom. The number of halogens is 4. The van der Waals surface area contributed by atoms with Crippen molar-refractivity contribution in [3.05, 3.63) is 83.7 Å². The van der Waals surface area contributed by atoms with E-state index in [-0.39, 0.29) is 50.4 Å². The predicted molar refractivity (Wildman–Crippen MR) is 131 cm³/mol. The largest absolute Gasteiger partial charge is 0.573 e. The molecule has 0 saturated heterocycles. The van der Waals surface area contributed by atoms with E-state index < -0.39 is 24.2 Å². The van der Waals surface area contributed by atoms with Crippen LogP contribution in [-0.4, -0.2) is 59.2 Å². The van der Waals surface area contributed by atoms with Gasteiger partial charge in [-0.2, -0.15) is 0 Å². The van der Waals surface area contributed by atoms with Crippen LogP contribution in [0.1, 0.15) is 33.9 Å².